The smallest absolute Gasteiger partial charge is 0.418 e. The fraction of sp³-hybridized carbons (Fsp3) is 0.917. The molecule has 0 aromatic carbocycles. The van der Waals surface area contributed by atoms with Crippen molar-refractivity contribution in [3.05, 3.63) is 0 Å². The fourth-order valence-electron chi connectivity index (χ4n) is 2.77. The third-order valence-electron chi connectivity index (χ3n) is 3.79. The Labute approximate surface area is 87.0 Å². The molecule has 1 saturated carbocycles. The maximum absolute atomic E-state index is 10.4. The third-order valence-corrected chi connectivity index (χ3v) is 3.79. The van der Waals surface area contributed by atoms with E-state index in [1.54, 1.807) is 6.47 Å². The van der Waals surface area contributed by atoms with Crippen molar-refractivity contribution in [2.75, 3.05) is 0 Å². The van der Waals surface area contributed by atoms with Crippen LogP contribution in [0.1, 0.15) is 58.8 Å². The minimum atomic E-state index is -0.220. The lowest BCUT2D eigenvalue weighted by atomic mass is 9.74. The quantitative estimate of drug-likeness (QED) is 0.676. The third kappa shape index (κ3) is 2.28. The highest BCUT2D eigenvalue weighted by atomic mass is 16.5. The molecular formula is C12H21O2. The van der Waals surface area contributed by atoms with Crippen molar-refractivity contribution >= 4 is 6.47 Å². The van der Waals surface area contributed by atoms with Crippen LogP contribution in [-0.2, 0) is 9.53 Å². The van der Waals surface area contributed by atoms with Crippen LogP contribution in [-0.4, -0.2) is 12.1 Å². The molecule has 1 radical (unpaired) electrons. The van der Waals surface area contributed by atoms with Gasteiger partial charge in [0.15, 0.2) is 0 Å². The summed E-state index contributed by atoms with van der Waals surface area (Å²) >= 11 is 0. The summed E-state index contributed by atoms with van der Waals surface area (Å²) in [5.41, 5.74) is -0.220. The molecule has 0 aromatic heterocycles. The Morgan fingerprint density at radius 1 is 1.21 bits per heavy atom. The number of rotatable bonds is 5. The van der Waals surface area contributed by atoms with E-state index in [1.165, 1.54) is 32.1 Å². The molecule has 2 nitrogen and oxygen atoms in total. The Balaban J connectivity index is 2.67. The highest BCUT2D eigenvalue weighted by Gasteiger charge is 2.38. The van der Waals surface area contributed by atoms with Gasteiger partial charge < -0.3 is 4.74 Å². The van der Waals surface area contributed by atoms with Gasteiger partial charge in [0.2, 0.25) is 0 Å². The minimum absolute atomic E-state index is 0.220. The molecule has 81 valence electrons. The molecule has 0 saturated heterocycles. The molecular weight excluding hydrogens is 176 g/mol. The first-order chi connectivity index (χ1) is 6.79. The van der Waals surface area contributed by atoms with Crippen LogP contribution in [0, 0.1) is 5.92 Å². The molecule has 1 aliphatic rings. The summed E-state index contributed by atoms with van der Waals surface area (Å²) in [7, 11) is 0. The van der Waals surface area contributed by atoms with Crippen molar-refractivity contribution in [1.82, 2.24) is 0 Å². The number of carbonyl (C=O) groups excluding carboxylic acids is 1. The van der Waals surface area contributed by atoms with Crippen LogP contribution in [0.5, 0.6) is 0 Å². The first-order valence-electron chi connectivity index (χ1n) is 5.84. The Hall–Kier alpha value is -0.530. The number of ether oxygens (including phenoxy) is 1. The van der Waals surface area contributed by atoms with Gasteiger partial charge in [0, 0.05) is 0 Å². The number of hydrogen-bond acceptors (Lipinski definition) is 2. The lowest BCUT2D eigenvalue weighted by molar-refractivity contribution is -0.0282. The molecule has 0 aliphatic heterocycles. The van der Waals surface area contributed by atoms with Crippen molar-refractivity contribution < 1.29 is 9.53 Å². The highest BCUT2D eigenvalue weighted by molar-refractivity contribution is 5.39. The van der Waals surface area contributed by atoms with Crippen molar-refractivity contribution in [1.29, 1.82) is 0 Å². The molecule has 14 heavy (non-hydrogen) atoms. The van der Waals surface area contributed by atoms with E-state index in [-0.39, 0.29) is 5.60 Å². The van der Waals surface area contributed by atoms with Crippen molar-refractivity contribution in [2.24, 2.45) is 5.92 Å². The van der Waals surface area contributed by atoms with Crippen LogP contribution in [0.4, 0.5) is 0 Å². The van der Waals surface area contributed by atoms with Crippen molar-refractivity contribution in [3.63, 3.8) is 0 Å². The van der Waals surface area contributed by atoms with Crippen LogP contribution in [0.3, 0.4) is 0 Å². The monoisotopic (exact) mass is 197 g/mol. The summed E-state index contributed by atoms with van der Waals surface area (Å²) in [6, 6.07) is 0. The zero-order chi connectivity index (χ0) is 10.4. The van der Waals surface area contributed by atoms with Gasteiger partial charge >= 0.3 is 6.47 Å². The Morgan fingerprint density at radius 3 is 2.21 bits per heavy atom. The van der Waals surface area contributed by atoms with E-state index in [0.717, 1.165) is 12.8 Å². The first-order valence-corrected chi connectivity index (χ1v) is 5.84. The lowest BCUT2D eigenvalue weighted by Crippen LogP contribution is -2.40. The van der Waals surface area contributed by atoms with Gasteiger partial charge in [-0.15, -0.1) is 0 Å². The summed E-state index contributed by atoms with van der Waals surface area (Å²) < 4.78 is 5.26. The molecule has 0 bridgehead atoms. The second-order valence-electron chi connectivity index (χ2n) is 4.29. The van der Waals surface area contributed by atoms with Crippen LogP contribution < -0.4 is 0 Å². The van der Waals surface area contributed by atoms with Crippen LogP contribution in [0.25, 0.3) is 0 Å². The zero-order valence-electron chi connectivity index (χ0n) is 9.34. The van der Waals surface area contributed by atoms with E-state index >= 15 is 0 Å². The van der Waals surface area contributed by atoms with Gasteiger partial charge in [-0.1, -0.05) is 33.1 Å². The standard InChI is InChI=1S/C12H21O2/c1-3-12(4-2,14-10-13)11-8-6-5-7-9-11/h11H,3-9H2,1-2H3. The van der Waals surface area contributed by atoms with Gasteiger partial charge in [-0.05, 0) is 31.6 Å². The van der Waals surface area contributed by atoms with Crippen molar-refractivity contribution in [2.45, 2.75) is 64.4 Å². The molecule has 1 fully saturated rings. The Kier molecular flexibility index (Phi) is 4.43. The molecule has 0 N–H and O–H groups in total. The largest absolute Gasteiger partial charge is 0.450 e. The Morgan fingerprint density at radius 2 is 1.79 bits per heavy atom. The number of hydrogen-bond donors (Lipinski definition) is 0. The molecule has 0 aromatic rings. The summed E-state index contributed by atoms with van der Waals surface area (Å²) in [6.45, 7) is 5.87. The van der Waals surface area contributed by atoms with E-state index in [2.05, 4.69) is 13.8 Å². The predicted molar refractivity (Wildman–Crippen MR) is 56.7 cm³/mol. The normalized spacial score (nSPS) is 19.3. The molecule has 0 unspecified atom stereocenters. The summed E-state index contributed by atoms with van der Waals surface area (Å²) in [5.74, 6) is 0.563. The maximum atomic E-state index is 10.4. The van der Waals surface area contributed by atoms with Gasteiger partial charge in [-0.3, -0.25) is 0 Å². The van der Waals surface area contributed by atoms with Crippen LogP contribution in [0.15, 0.2) is 0 Å². The van der Waals surface area contributed by atoms with E-state index in [1.807, 2.05) is 0 Å². The van der Waals surface area contributed by atoms with Gasteiger partial charge in [-0.2, -0.15) is 0 Å². The second kappa shape index (κ2) is 5.38. The molecule has 0 amide bonds. The van der Waals surface area contributed by atoms with Gasteiger partial charge in [0.1, 0.15) is 5.60 Å². The molecule has 0 heterocycles. The molecule has 0 atom stereocenters. The Bertz CT molecular complexity index is 167. The van der Waals surface area contributed by atoms with E-state index in [4.69, 9.17) is 4.74 Å². The molecule has 0 spiro atoms. The average Bonchev–Trinajstić information content (AvgIpc) is 2.27. The topological polar surface area (TPSA) is 26.3 Å². The second-order valence-corrected chi connectivity index (χ2v) is 4.29. The van der Waals surface area contributed by atoms with Crippen LogP contribution >= 0.6 is 0 Å². The lowest BCUT2D eigenvalue weighted by Gasteiger charge is -2.39. The van der Waals surface area contributed by atoms with Crippen molar-refractivity contribution in [3.8, 4) is 0 Å². The molecule has 1 aliphatic carbocycles. The first kappa shape index (κ1) is 11.5. The van der Waals surface area contributed by atoms with E-state index in [9.17, 15) is 4.79 Å². The van der Waals surface area contributed by atoms with Crippen LogP contribution in [0.2, 0.25) is 0 Å². The van der Waals surface area contributed by atoms with Gasteiger partial charge in [-0.25, -0.2) is 4.79 Å². The van der Waals surface area contributed by atoms with E-state index in [0.29, 0.717) is 5.92 Å². The predicted octanol–water partition coefficient (Wildman–Crippen LogP) is 3.21. The fourth-order valence-corrected chi connectivity index (χ4v) is 2.77. The minimum Gasteiger partial charge on any atom is -0.450 e. The summed E-state index contributed by atoms with van der Waals surface area (Å²) in [4.78, 5) is 10.4. The summed E-state index contributed by atoms with van der Waals surface area (Å²) in [5, 5.41) is 0. The zero-order valence-corrected chi connectivity index (χ0v) is 9.34. The molecule has 1 rings (SSSR count). The van der Waals surface area contributed by atoms with Gasteiger partial charge in [0.05, 0.1) is 0 Å². The highest BCUT2D eigenvalue weighted by Crippen LogP contribution is 2.38. The average molecular weight is 197 g/mol. The maximum Gasteiger partial charge on any atom is 0.418 e. The SMILES string of the molecule is CCC(CC)(O[C]=O)C1CCCCC1. The van der Waals surface area contributed by atoms with Gasteiger partial charge in [0.25, 0.3) is 0 Å². The molecule has 2 heteroatoms. The van der Waals surface area contributed by atoms with E-state index < -0.39 is 0 Å². The summed E-state index contributed by atoms with van der Waals surface area (Å²) in [6.07, 6.45) is 8.17.